The second-order valence-corrected chi connectivity index (χ2v) is 5.56. The minimum atomic E-state index is -0.755. The highest BCUT2D eigenvalue weighted by Gasteiger charge is 2.64. The number of aliphatic carboxylic acids is 1. The largest absolute Gasteiger partial charge is 0.481 e. The van der Waals surface area contributed by atoms with Gasteiger partial charge in [0.2, 0.25) is 0 Å². The number of fused-ring (bicyclic) bond motifs is 1. The van der Waals surface area contributed by atoms with Crippen LogP contribution in [0.2, 0.25) is 0 Å². The second kappa shape index (κ2) is 3.31. The SMILES string of the molecule is Cc1ccc2[nH]c(C3C(C(=O)O)C3(C)C)nc2n1. The van der Waals surface area contributed by atoms with Gasteiger partial charge in [0, 0.05) is 11.6 Å². The molecule has 3 rings (SSSR count). The van der Waals surface area contributed by atoms with Crippen LogP contribution >= 0.6 is 0 Å². The number of imidazole rings is 1. The van der Waals surface area contributed by atoms with E-state index in [4.69, 9.17) is 0 Å². The van der Waals surface area contributed by atoms with E-state index in [1.165, 1.54) is 0 Å². The summed E-state index contributed by atoms with van der Waals surface area (Å²) in [6, 6.07) is 3.84. The second-order valence-electron chi connectivity index (χ2n) is 5.56. The van der Waals surface area contributed by atoms with E-state index in [2.05, 4.69) is 15.0 Å². The number of carbonyl (C=O) groups is 1. The van der Waals surface area contributed by atoms with E-state index in [0.717, 1.165) is 17.0 Å². The average molecular weight is 245 g/mol. The summed E-state index contributed by atoms with van der Waals surface area (Å²) in [6.07, 6.45) is 0. The highest BCUT2D eigenvalue weighted by Crippen LogP contribution is 2.63. The van der Waals surface area contributed by atoms with Crippen molar-refractivity contribution in [1.29, 1.82) is 0 Å². The number of H-pyrrole nitrogens is 1. The highest BCUT2D eigenvalue weighted by atomic mass is 16.4. The lowest BCUT2D eigenvalue weighted by molar-refractivity contribution is -0.139. The summed E-state index contributed by atoms with van der Waals surface area (Å²) in [5.41, 5.74) is 2.19. The molecule has 2 heterocycles. The Morgan fingerprint density at radius 1 is 1.39 bits per heavy atom. The van der Waals surface area contributed by atoms with Crippen LogP contribution < -0.4 is 0 Å². The van der Waals surface area contributed by atoms with Crippen molar-refractivity contribution in [3.8, 4) is 0 Å². The molecule has 0 radical (unpaired) electrons. The van der Waals surface area contributed by atoms with Crippen molar-refractivity contribution in [3.05, 3.63) is 23.7 Å². The predicted molar refractivity (Wildman–Crippen MR) is 66.3 cm³/mol. The third-order valence-corrected chi connectivity index (χ3v) is 3.89. The van der Waals surface area contributed by atoms with Crippen LogP contribution in [-0.4, -0.2) is 26.0 Å². The van der Waals surface area contributed by atoms with Gasteiger partial charge in [-0.1, -0.05) is 13.8 Å². The molecule has 2 aromatic rings. The van der Waals surface area contributed by atoms with Gasteiger partial charge in [-0.25, -0.2) is 9.97 Å². The summed E-state index contributed by atoms with van der Waals surface area (Å²) in [4.78, 5) is 23.1. The third-order valence-electron chi connectivity index (χ3n) is 3.89. The van der Waals surface area contributed by atoms with Crippen LogP contribution in [0.4, 0.5) is 0 Å². The molecule has 5 nitrogen and oxygen atoms in total. The Morgan fingerprint density at radius 3 is 2.72 bits per heavy atom. The quantitative estimate of drug-likeness (QED) is 0.849. The van der Waals surface area contributed by atoms with Crippen molar-refractivity contribution in [2.45, 2.75) is 26.7 Å². The normalized spacial score (nSPS) is 25.3. The first-order valence-corrected chi connectivity index (χ1v) is 5.97. The maximum atomic E-state index is 11.2. The molecule has 2 atom stereocenters. The van der Waals surface area contributed by atoms with Gasteiger partial charge in [0.1, 0.15) is 5.82 Å². The van der Waals surface area contributed by atoms with E-state index in [1.54, 1.807) is 0 Å². The van der Waals surface area contributed by atoms with Crippen LogP contribution in [-0.2, 0) is 4.79 Å². The van der Waals surface area contributed by atoms with Gasteiger partial charge in [-0.15, -0.1) is 0 Å². The first-order chi connectivity index (χ1) is 8.41. The molecule has 5 heteroatoms. The molecule has 0 aromatic carbocycles. The van der Waals surface area contributed by atoms with Crippen molar-refractivity contribution >= 4 is 17.1 Å². The molecule has 1 saturated carbocycles. The van der Waals surface area contributed by atoms with Crippen molar-refractivity contribution in [1.82, 2.24) is 15.0 Å². The Morgan fingerprint density at radius 2 is 2.11 bits per heavy atom. The van der Waals surface area contributed by atoms with E-state index in [-0.39, 0.29) is 17.3 Å². The smallest absolute Gasteiger partial charge is 0.307 e. The molecule has 0 amide bonds. The van der Waals surface area contributed by atoms with Crippen molar-refractivity contribution in [2.24, 2.45) is 11.3 Å². The summed E-state index contributed by atoms with van der Waals surface area (Å²) in [5, 5.41) is 9.18. The molecule has 2 aromatic heterocycles. The number of rotatable bonds is 2. The van der Waals surface area contributed by atoms with E-state index < -0.39 is 5.97 Å². The van der Waals surface area contributed by atoms with Gasteiger partial charge in [0.15, 0.2) is 5.65 Å². The number of pyridine rings is 1. The standard InChI is InChI=1S/C13H15N3O2/c1-6-4-5-7-10(14-6)16-11(15-7)8-9(12(17)18)13(8,2)3/h4-5,8-9H,1-3H3,(H,17,18)(H,14,15,16). The zero-order valence-electron chi connectivity index (χ0n) is 10.6. The Hall–Kier alpha value is -1.91. The van der Waals surface area contributed by atoms with Crippen molar-refractivity contribution in [3.63, 3.8) is 0 Å². The third kappa shape index (κ3) is 1.43. The molecule has 94 valence electrons. The fourth-order valence-electron chi connectivity index (χ4n) is 2.76. The lowest BCUT2D eigenvalue weighted by atomic mass is 10.1. The molecule has 1 fully saturated rings. The molecule has 18 heavy (non-hydrogen) atoms. The van der Waals surface area contributed by atoms with E-state index >= 15 is 0 Å². The number of aryl methyl sites for hydroxylation is 1. The van der Waals surface area contributed by atoms with Crippen LogP contribution in [0.15, 0.2) is 12.1 Å². The lowest BCUT2D eigenvalue weighted by Crippen LogP contribution is -2.03. The summed E-state index contributed by atoms with van der Waals surface area (Å²) >= 11 is 0. The van der Waals surface area contributed by atoms with Crippen molar-refractivity contribution in [2.75, 3.05) is 0 Å². The first kappa shape index (κ1) is 11.2. The van der Waals surface area contributed by atoms with Gasteiger partial charge in [-0.3, -0.25) is 4.79 Å². The van der Waals surface area contributed by atoms with Gasteiger partial charge >= 0.3 is 5.97 Å². The fourth-order valence-corrected chi connectivity index (χ4v) is 2.76. The summed E-state index contributed by atoms with van der Waals surface area (Å²) in [7, 11) is 0. The maximum Gasteiger partial charge on any atom is 0.307 e. The van der Waals surface area contributed by atoms with Gasteiger partial charge in [-0.2, -0.15) is 0 Å². The fraction of sp³-hybridized carbons (Fsp3) is 0.462. The summed E-state index contributed by atoms with van der Waals surface area (Å²) < 4.78 is 0. The number of aromatic amines is 1. The maximum absolute atomic E-state index is 11.2. The molecule has 2 unspecified atom stereocenters. The summed E-state index contributed by atoms with van der Waals surface area (Å²) in [5.74, 6) is -0.432. The van der Waals surface area contributed by atoms with Gasteiger partial charge < -0.3 is 10.1 Å². The Kier molecular flexibility index (Phi) is 2.06. The molecule has 0 spiro atoms. The van der Waals surface area contributed by atoms with Crippen LogP contribution in [0.1, 0.15) is 31.3 Å². The monoisotopic (exact) mass is 245 g/mol. The van der Waals surface area contributed by atoms with E-state index in [9.17, 15) is 9.90 Å². The van der Waals surface area contributed by atoms with Crippen molar-refractivity contribution < 1.29 is 9.90 Å². The van der Waals surface area contributed by atoms with Gasteiger partial charge in [0.25, 0.3) is 0 Å². The van der Waals surface area contributed by atoms with Gasteiger partial charge in [0.05, 0.1) is 11.4 Å². The van der Waals surface area contributed by atoms with Gasteiger partial charge in [-0.05, 0) is 24.5 Å². The number of nitrogens with one attached hydrogen (secondary N) is 1. The molecule has 0 saturated heterocycles. The number of aromatic nitrogens is 3. The molecule has 0 aliphatic heterocycles. The van der Waals surface area contributed by atoms with E-state index in [1.807, 2.05) is 32.9 Å². The number of nitrogens with zero attached hydrogens (tertiary/aromatic N) is 2. The number of carboxylic acids is 1. The zero-order chi connectivity index (χ0) is 13.1. The molecular formula is C13H15N3O2. The highest BCUT2D eigenvalue weighted by molar-refractivity contribution is 5.78. The Balaban J connectivity index is 2.04. The van der Waals surface area contributed by atoms with Crippen LogP contribution in [0, 0.1) is 18.3 Å². The molecule has 2 N–H and O–H groups in total. The lowest BCUT2D eigenvalue weighted by Gasteiger charge is -1.97. The van der Waals surface area contributed by atoms with Crippen LogP contribution in [0.25, 0.3) is 11.2 Å². The molecule has 1 aliphatic rings. The van der Waals surface area contributed by atoms with E-state index in [0.29, 0.717) is 5.65 Å². The predicted octanol–water partition coefficient (Wildman–Crippen LogP) is 2.09. The number of hydrogen-bond donors (Lipinski definition) is 2. The van der Waals surface area contributed by atoms with Crippen LogP contribution in [0.3, 0.4) is 0 Å². The topological polar surface area (TPSA) is 78.9 Å². The Bertz CT molecular complexity index is 645. The molecule has 0 bridgehead atoms. The molecule has 1 aliphatic carbocycles. The average Bonchev–Trinajstić information content (AvgIpc) is 2.66. The summed E-state index contributed by atoms with van der Waals surface area (Å²) in [6.45, 7) is 5.83. The Labute approximate surface area is 104 Å². The zero-order valence-corrected chi connectivity index (χ0v) is 10.6. The minimum absolute atomic E-state index is 0.0514. The van der Waals surface area contributed by atoms with Crippen LogP contribution in [0.5, 0.6) is 0 Å². The molecular weight excluding hydrogens is 230 g/mol. The number of carboxylic acid groups (broad SMARTS) is 1. The minimum Gasteiger partial charge on any atom is -0.481 e. The number of hydrogen-bond acceptors (Lipinski definition) is 3. The first-order valence-electron chi connectivity index (χ1n) is 5.97.